The fraction of sp³-hybridized carbons (Fsp3) is 0.609. The van der Waals surface area contributed by atoms with Crippen LogP contribution in [0, 0.1) is 0 Å². The number of carbonyl (C=O) groups excluding carboxylic acids is 2. The maximum absolute atomic E-state index is 13.4. The summed E-state index contributed by atoms with van der Waals surface area (Å²) in [4.78, 5) is 43.6. The molecular weight excluding hydrogens is 394 g/mol. The molecule has 1 saturated carbocycles. The first-order valence-electron chi connectivity index (χ1n) is 11.6. The predicted molar refractivity (Wildman–Crippen MR) is 119 cm³/mol. The normalized spacial score (nSPS) is 26.1. The van der Waals surface area contributed by atoms with Crippen LogP contribution in [0.3, 0.4) is 0 Å². The third-order valence-corrected chi connectivity index (χ3v) is 6.64. The van der Waals surface area contributed by atoms with Crippen molar-refractivity contribution >= 4 is 11.8 Å². The molecule has 2 aliphatic carbocycles. The maximum atomic E-state index is 13.4. The van der Waals surface area contributed by atoms with E-state index < -0.39 is 0 Å². The molecule has 0 aromatic carbocycles. The highest BCUT2D eigenvalue weighted by Crippen LogP contribution is 2.34. The molecule has 1 aromatic rings. The summed E-state index contributed by atoms with van der Waals surface area (Å²) >= 11 is 0. The molecule has 4 rings (SSSR count). The van der Waals surface area contributed by atoms with E-state index in [9.17, 15) is 14.4 Å². The van der Waals surface area contributed by atoms with Gasteiger partial charge in [-0.3, -0.25) is 14.2 Å². The van der Waals surface area contributed by atoms with Crippen molar-refractivity contribution in [3.63, 3.8) is 0 Å². The number of imidazole rings is 1. The molecular formula is C23H33N5O3. The number of nitrogens with one attached hydrogen (secondary N) is 3. The Labute approximate surface area is 182 Å². The van der Waals surface area contributed by atoms with E-state index in [1.54, 1.807) is 4.57 Å². The first-order valence-corrected chi connectivity index (χ1v) is 11.6. The van der Waals surface area contributed by atoms with Crippen LogP contribution in [0.5, 0.6) is 0 Å². The molecule has 3 aliphatic rings. The van der Waals surface area contributed by atoms with Crippen LogP contribution in [0.2, 0.25) is 0 Å². The molecule has 1 aromatic heterocycles. The summed E-state index contributed by atoms with van der Waals surface area (Å²) in [5, 5.41) is 6.39. The van der Waals surface area contributed by atoms with Gasteiger partial charge in [-0.25, -0.2) is 4.79 Å². The molecule has 0 bridgehead atoms. The van der Waals surface area contributed by atoms with Crippen LogP contribution in [-0.2, 0) is 4.79 Å². The number of rotatable bonds is 5. The van der Waals surface area contributed by atoms with Gasteiger partial charge in [-0.2, -0.15) is 0 Å². The molecule has 2 heterocycles. The van der Waals surface area contributed by atoms with Gasteiger partial charge >= 0.3 is 5.69 Å². The number of aromatic nitrogens is 2. The molecule has 168 valence electrons. The van der Waals surface area contributed by atoms with E-state index in [0.717, 1.165) is 50.9 Å². The molecule has 2 unspecified atom stereocenters. The summed E-state index contributed by atoms with van der Waals surface area (Å²) in [6, 6.07) is -0.245. The van der Waals surface area contributed by atoms with Gasteiger partial charge in [0.2, 0.25) is 5.91 Å². The molecule has 3 atom stereocenters. The average Bonchev–Trinajstić information content (AvgIpc) is 3.16. The lowest BCUT2D eigenvalue weighted by Gasteiger charge is -2.35. The molecule has 2 fully saturated rings. The van der Waals surface area contributed by atoms with Crippen LogP contribution in [0.15, 0.2) is 29.1 Å². The van der Waals surface area contributed by atoms with E-state index >= 15 is 0 Å². The highest BCUT2D eigenvalue weighted by molar-refractivity contribution is 5.94. The minimum atomic E-state index is -0.251. The Balaban J connectivity index is 1.75. The quantitative estimate of drug-likeness (QED) is 0.668. The lowest BCUT2D eigenvalue weighted by Crippen LogP contribution is -2.47. The van der Waals surface area contributed by atoms with E-state index in [0.29, 0.717) is 25.2 Å². The monoisotopic (exact) mass is 427 g/mol. The number of hydrogen-bond donors (Lipinski definition) is 3. The Hall–Kier alpha value is -2.61. The topological polar surface area (TPSA) is 99.2 Å². The van der Waals surface area contributed by atoms with Gasteiger partial charge in [0, 0.05) is 44.6 Å². The number of nitrogens with zero attached hydrogens (tertiary/aromatic N) is 2. The third kappa shape index (κ3) is 4.54. The van der Waals surface area contributed by atoms with Crippen molar-refractivity contribution in [2.45, 2.75) is 63.5 Å². The number of hydrogen-bond acceptors (Lipinski definition) is 4. The summed E-state index contributed by atoms with van der Waals surface area (Å²) < 4.78 is 1.80. The minimum Gasteiger partial charge on any atom is -0.351 e. The summed E-state index contributed by atoms with van der Waals surface area (Å²) in [5.74, 6) is -0.157. The first-order chi connectivity index (χ1) is 15.1. The second-order valence-corrected chi connectivity index (χ2v) is 8.64. The standard InChI is InChI=1S/C23H33N5O3/c1-2-19(29)25-17-10-6-7-11-18(17)28-21(16-8-4-3-5-9-16)20(26-23(28)31)22(30)27-14-12-24-13-15-27/h3-5,8,16-18,24H,2,6-7,9-15H2,1H3,(H,25,29)(H,26,31)/t16?,17-,18?/m0/s1. The van der Waals surface area contributed by atoms with Crippen molar-refractivity contribution in [3.05, 3.63) is 46.2 Å². The Morgan fingerprint density at radius 3 is 2.65 bits per heavy atom. The third-order valence-electron chi connectivity index (χ3n) is 6.64. The Kier molecular flexibility index (Phi) is 6.75. The van der Waals surface area contributed by atoms with Gasteiger partial charge in [-0.05, 0) is 19.3 Å². The second kappa shape index (κ2) is 9.68. The van der Waals surface area contributed by atoms with Gasteiger partial charge in [0.15, 0.2) is 0 Å². The highest BCUT2D eigenvalue weighted by Gasteiger charge is 2.35. The molecule has 8 nitrogen and oxygen atoms in total. The fourth-order valence-electron chi connectivity index (χ4n) is 5.02. The number of amides is 2. The van der Waals surface area contributed by atoms with Gasteiger partial charge in [0.1, 0.15) is 5.69 Å². The van der Waals surface area contributed by atoms with Crippen molar-refractivity contribution in [2.75, 3.05) is 26.2 Å². The summed E-state index contributed by atoms with van der Waals surface area (Å²) in [6.07, 6.45) is 13.0. The zero-order valence-corrected chi connectivity index (χ0v) is 18.2. The Morgan fingerprint density at radius 1 is 1.16 bits per heavy atom. The molecule has 0 spiro atoms. The first kappa shape index (κ1) is 21.6. The number of aromatic amines is 1. The second-order valence-electron chi connectivity index (χ2n) is 8.64. The van der Waals surface area contributed by atoms with Crippen LogP contribution in [0.25, 0.3) is 0 Å². The van der Waals surface area contributed by atoms with Crippen molar-refractivity contribution in [3.8, 4) is 0 Å². The summed E-state index contributed by atoms with van der Waals surface area (Å²) in [5.41, 5.74) is 0.916. The van der Waals surface area contributed by atoms with Crippen molar-refractivity contribution in [1.29, 1.82) is 0 Å². The largest absolute Gasteiger partial charge is 0.351 e. The molecule has 2 amide bonds. The van der Waals surface area contributed by atoms with E-state index in [1.165, 1.54) is 0 Å². The molecule has 1 aliphatic heterocycles. The SMILES string of the molecule is CCC(=O)N[C@H]1CCCCC1n1c(C2C=CC=CC2)c(C(=O)N2CCNCC2)[nH]c1=O. The van der Waals surface area contributed by atoms with Crippen molar-refractivity contribution in [1.82, 2.24) is 25.1 Å². The van der Waals surface area contributed by atoms with Gasteiger partial charge in [-0.1, -0.05) is 44.1 Å². The molecule has 0 radical (unpaired) electrons. The zero-order chi connectivity index (χ0) is 21.8. The molecule has 1 saturated heterocycles. The van der Waals surface area contributed by atoms with E-state index in [2.05, 4.69) is 27.8 Å². The lowest BCUT2D eigenvalue weighted by atomic mass is 9.88. The van der Waals surface area contributed by atoms with Crippen LogP contribution in [0.4, 0.5) is 0 Å². The van der Waals surface area contributed by atoms with Crippen LogP contribution < -0.4 is 16.3 Å². The molecule has 3 N–H and O–H groups in total. The number of H-pyrrole nitrogens is 1. The zero-order valence-electron chi connectivity index (χ0n) is 18.2. The van der Waals surface area contributed by atoms with Crippen molar-refractivity contribution in [2.24, 2.45) is 0 Å². The van der Waals surface area contributed by atoms with Crippen LogP contribution in [-0.4, -0.2) is 58.5 Å². The molecule has 8 heteroatoms. The lowest BCUT2D eigenvalue weighted by molar-refractivity contribution is -0.122. The number of allylic oxidation sites excluding steroid dienone is 4. The van der Waals surface area contributed by atoms with Gasteiger partial charge < -0.3 is 20.5 Å². The smallest absolute Gasteiger partial charge is 0.326 e. The predicted octanol–water partition coefficient (Wildman–Crippen LogP) is 1.83. The number of carbonyl (C=O) groups is 2. The summed E-state index contributed by atoms with van der Waals surface area (Å²) in [6.45, 7) is 4.61. The minimum absolute atomic E-state index is 0.000327. The van der Waals surface area contributed by atoms with E-state index in [1.807, 2.05) is 24.0 Å². The van der Waals surface area contributed by atoms with Crippen LogP contribution >= 0.6 is 0 Å². The number of piperazine rings is 1. The maximum Gasteiger partial charge on any atom is 0.326 e. The Morgan fingerprint density at radius 2 is 1.94 bits per heavy atom. The van der Waals surface area contributed by atoms with Gasteiger partial charge in [-0.15, -0.1) is 0 Å². The molecule has 31 heavy (non-hydrogen) atoms. The van der Waals surface area contributed by atoms with Crippen molar-refractivity contribution < 1.29 is 9.59 Å². The average molecular weight is 428 g/mol. The van der Waals surface area contributed by atoms with Gasteiger partial charge in [0.25, 0.3) is 5.91 Å². The van der Waals surface area contributed by atoms with Gasteiger partial charge in [0.05, 0.1) is 11.7 Å². The van der Waals surface area contributed by atoms with E-state index in [4.69, 9.17) is 0 Å². The summed E-state index contributed by atoms with van der Waals surface area (Å²) in [7, 11) is 0. The Bertz CT molecular complexity index is 922. The van der Waals surface area contributed by atoms with Crippen LogP contribution in [0.1, 0.15) is 73.6 Å². The van der Waals surface area contributed by atoms with E-state index in [-0.39, 0.29) is 35.5 Å². The highest BCUT2D eigenvalue weighted by atomic mass is 16.2. The fourth-order valence-corrected chi connectivity index (χ4v) is 5.02.